The molecule has 0 bridgehead atoms. The van der Waals surface area contributed by atoms with Crippen molar-refractivity contribution < 1.29 is 4.74 Å². The van der Waals surface area contributed by atoms with Crippen LogP contribution < -0.4 is 10.5 Å². The van der Waals surface area contributed by atoms with Gasteiger partial charge in [-0.3, -0.25) is 0 Å². The summed E-state index contributed by atoms with van der Waals surface area (Å²) >= 11 is 1.99. The first-order chi connectivity index (χ1) is 8.40. The fraction of sp³-hybridized carbons (Fsp3) is 0.571. The van der Waals surface area contributed by atoms with Crippen molar-refractivity contribution in [2.45, 2.75) is 31.8 Å². The molecular formula is C14H21NOS. The normalized spacial score (nSPS) is 19.5. The van der Waals surface area contributed by atoms with Crippen LogP contribution in [0.4, 0.5) is 0 Å². The third kappa shape index (κ3) is 3.93. The molecule has 0 saturated carbocycles. The van der Waals surface area contributed by atoms with Crippen molar-refractivity contribution >= 4 is 11.8 Å². The molecule has 0 spiro atoms. The smallest absolute Gasteiger partial charge is 0.122 e. The average Bonchev–Trinajstić information content (AvgIpc) is 2.84. The van der Waals surface area contributed by atoms with E-state index in [-0.39, 0.29) is 0 Å². The number of hydrogen-bond acceptors (Lipinski definition) is 3. The highest BCUT2D eigenvalue weighted by Crippen LogP contribution is 2.26. The molecule has 1 atom stereocenters. The summed E-state index contributed by atoms with van der Waals surface area (Å²) in [6.07, 6.45) is 4.91. The van der Waals surface area contributed by atoms with Gasteiger partial charge in [-0.2, -0.15) is 11.8 Å². The minimum Gasteiger partial charge on any atom is -0.489 e. The zero-order valence-corrected chi connectivity index (χ0v) is 11.0. The van der Waals surface area contributed by atoms with Gasteiger partial charge in [0.2, 0.25) is 0 Å². The number of rotatable bonds is 6. The lowest BCUT2D eigenvalue weighted by Gasteiger charge is -2.15. The van der Waals surface area contributed by atoms with E-state index in [0.717, 1.165) is 37.3 Å². The zero-order chi connectivity index (χ0) is 11.9. The minimum atomic E-state index is 0.413. The van der Waals surface area contributed by atoms with Gasteiger partial charge in [0.05, 0.1) is 0 Å². The number of para-hydroxylation sites is 1. The van der Waals surface area contributed by atoms with E-state index in [2.05, 4.69) is 24.3 Å². The first kappa shape index (κ1) is 12.8. The first-order valence-corrected chi connectivity index (χ1v) is 7.58. The largest absolute Gasteiger partial charge is 0.489 e. The van der Waals surface area contributed by atoms with Gasteiger partial charge in [0.1, 0.15) is 11.9 Å². The molecule has 1 aliphatic rings. The Hall–Kier alpha value is -0.670. The summed E-state index contributed by atoms with van der Waals surface area (Å²) in [6, 6.07) is 8.42. The molecule has 0 amide bonds. The summed E-state index contributed by atoms with van der Waals surface area (Å²) < 4.78 is 6.09. The molecule has 2 rings (SSSR count). The van der Waals surface area contributed by atoms with Gasteiger partial charge in [-0.1, -0.05) is 18.2 Å². The lowest BCUT2D eigenvalue weighted by Crippen LogP contribution is -2.15. The summed E-state index contributed by atoms with van der Waals surface area (Å²) in [5.41, 5.74) is 6.86. The second kappa shape index (κ2) is 6.92. The molecule has 0 aliphatic carbocycles. The Bertz CT molecular complexity index is 337. The lowest BCUT2D eigenvalue weighted by atomic mass is 10.1. The molecule has 2 nitrogen and oxygen atoms in total. The third-order valence-electron chi connectivity index (χ3n) is 3.05. The second-order valence-electron chi connectivity index (χ2n) is 4.46. The van der Waals surface area contributed by atoms with E-state index in [1.807, 2.05) is 11.8 Å². The number of hydrogen-bond donors (Lipinski definition) is 1. The molecule has 3 heteroatoms. The SMILES string of the molecule is NCCCCc1ccccc1OC1CCSC1. The van der Waals surface area contributed by atoms with Gasteiger partial charge in [-0.25, -0.2) is 0 Å². The fourth-order valence-corrected chi connectivity index (χ4v) is 3.16. The monoisotopic (exact) mass is 251 g/mol. The lowest BCUT2D eigenvalue weighted by molar-refractivity contribution is 0.227. The first-order valence-electron chi connectivity index (χ1n) is 6.42. The van der Waals surface area contributed by atoms with Gasteiger partial charge < -0.3 is 10.5 Å². The van der Waals surface area contributed by atoms with Gasteiger partial charge in [-0.05, 0) is 49.6 Å². The van der Waals surface area contributed by atoms with Gasteiger partial charge in [0, 0.05) is 5.75 Å². The average molecular weight is 251 g/mol. The molecule has 0 radical (unpaired) electrons. The molecule has 1 heterocycles. The maximum atomic E-state index is 6.09. The molecule has 1 fully saturated rings. The Balaban J connectivity index is 1.94. The summed E-state index contributed by atoms with van der Waals surface area (Å²) in [5, 5.41) is 0. The van der Waals surface area contributed by atoms with Crippen LogP contribution in [0, 0.1) is 0 Å². The number of thioether (sulfide) groups is 1. The van der Waals surface area contributed by atoms with E-state index < -0.39 is 0 Å². The van der Waals surface area contributed by atoms with Crippen LogP contribution in [-0.2, 0) is 6.42 Å². The summed E-state index contributed by atoms with van der Waals surface area (Å²) in [7, 11) is 0. The van der Waals surface area contributed by atoms with Crippen molar-refractivity contribution in [1.82, 2.24) is 0 Å². The van der Waals surface area contributed by atoms with Gasteiger partial charge in [0.25, 0.3) is 0 Å². The second-order valence-corrected chi connectivity index (χ2v) is 5.61. The number of ether oxygens (including phenoxy) is 1. The quantitative estimate of drug-likeness (QED) is 0.790. The van der Waals surface area contributed by atoms with Gasteiger partial charge in [0.15, 0.2) is 0 Å². The Labute approximate surface area is 108 Å². The van der Waals surface area contributed by atoms with Crippen molar-refractivity contribution in [2.75, 3.05) is 18.1 Å². The van der Waals surface area contributed by atoms with Gasteiger partial charge >= 0.3 is 0 Å². The van der Waals surface area contributed by atoms with Crippen LogP contribution in [0.3, 0.4) is 0 Å². The maximum absolute atomic E-state index is 6.09. The molecule has 1 aromatic rings. The fourth-order valence-electron chi connectivity index (χ4n) is 2.07. The Morgan fingerprint density at radius 1 is 1.29 bits per heavy atom. The van der Waals surface area contributed by atoms with E-state index in [4.69, 9.17) is 10.5 Å². The Kier molecular flexibility index (Phi) is 5.20. The van der Waals surface area contributed by atoms with Gasteiger partial charge in [-0.15, -0.1) is 0 Å². The van der Waals surface area contributed by atoms with Crippen molar-refractivity contribution in [3.8, 4) is 5.75 Å². The summed E-state index contributed by atoms with van der Waals surface area (Å²) in [5.74, 6) is 3.45. The summed E-state index contributed by atoms with van der Waals surface area (Å²) in [4.78, 5) is 0. The van der Waals surface area contributed by atoms with Crippen LogP contribution in [0.15, 0.2) is 24.3 Å². The van der Waals surface area contributed by atoms with Crippen LogP contribution in [0.5, 0.6) is 5.75 Å². The summed E-state index contributed by atoms with van der Waals surface area (Å²) in [6.45, 7) is 0.780. The minimum absolute atomic E-state index is 0.413. The molecule has 1 aromatic carbocycles. The van der Waals surface area contributed by atoms with E-state index in [9.17, 15) is 0 Å². The molecule has 94 valence electrons. The third-order valence-corrected chi connectivity index (χ3v) is 4.19. The van der Waals surface area contributed by atoms with Crippen LogP contribution in [0.2, 0.25) is 0 Å². The molecule has 17 heavy (non-hydrogen) atoms. The molecule has 2 N–H and O–H groups in total. The van der Waals surface area contributed by atoms with E-state index in [1.54, 1.807) is 0 Å². The van der Waals surface area contributed by atoms with Crippen LogP contribution in [0.1, 0.15) is 24.8 Å². The van der Waals surface area contributed by atoms with Crippen molar-refractivity contribution in [3.05, 3.63) is 29.8 Å². The van der Waals surface area contributed by atoms with E-state index >= 15 is 0 Å². The molecule has 0 aromatic heterocycles. The van der Waals surface area contributed by atoms with E-state index in [1.165, 1.54) is 17.7 Å². The molecule has 1 unspecified atom stereocenters. The highest BCUT2D eigenvalue weighted by Gasteiger charge is 2.17. The predicted octanol–water partition coefficient (Wildman–Crippen LogP) is 2.85. The van der Waals surface area contributed by atoms with Crippen molar-refractivity contribution in [2.24, 2.45) is 5.73 Å². The number of aryl methyl sites for hydroxylation is 1. The zero-order valence-electron chi connectivity index (χ0n) is 10.2. The van der Waals surface area contributed by atoms with Crippen molar-refractivity contribution in [1.29, 1.82) is 0 Å². The highest BCUT2D eigenvalue weighted by atomic mass is 32.2. The number of nitrogens with two attached hydrogens (primary N) is 1. The number of unbranched alkanes of at least 4 members (excludes halogenated alkanes) is 1. The Morgan fingerprint density at radius 3 is 2.94 bits per heavy atom. The maximum Gasteiger partial charge on any atom is 0.122 e. The van der Waals surface area contributed by atoms with Crippen molar-refractivity contribution in [3.63, 3.8) is 0 Å². The molecule has 1 saturated heterocycles. The van der Waals surface area contributed by atoms with Crippen LogP contribution in [0.25, 0.3) is 0 Å². The number of benzene rings is 1. The standard InChI is InChI=1S/C14H21NOS/c15-9-4-3-6-12-5-1-2-7-14(12)16-13-8-10-17-11-13/h1-2,5,7,13H,3-4,6,8-11,15H2. The highest BCUT2D eigenvalue weighted by molar-refractivity contribution is 7.99. The predicted molar refractivity (Wildman–Crippen MR) is 74.8 cm³/mol. The Morgan fingerprint density at radius 2 is 2.18 bits per heavy atom. The van der Waals surface area contributed by atoms with Crippen LogP contribution >= 0.6 is 11.8 Å². The topological polar surface area (TPSA) is 35.2 Å². The molecule has 1 aliphatic heterocycles. The molecular weight excluding hydrogens is 230 g/mol. The van der Waals surface area contributed by atoms with Crippen LogP contribution in [-0.4, -0.2) is 24.2 Å². The van der Waals surface area contributed by atoms with E-state index in [0.29, 0.717) is 6.10 Å².